The summed E-state index contributed by atoms with van der Waals surface area (Å²) in [6.45, 7) is 6.61. The predicted octanol–water partition coefficient (Wildman–Crippen LogP) is 1.72. The lowest BCUT2D eigenvalue weighted by atomic mass is 9.98. The van der Waals surface area contributed by atoms with Crippen molar-refractivity contribution < 1.29 is 9.84 Å². The van der Waals surface area contributed by atoms with Crippen molar-refractivity contribution in [3.63, 3.8) is 0 Å². The van der Waals surface area contributed by atoms with Crippen LogP contribution in [0.5, 0.6) is 0 Å². The van der Waals surface area contributed by atoms with E-state index in [4.69, 9.17) is 10.5 Å². The zero-order valence-corrected chi connectivity index (χ0v) is 12.5. The molecule has 2 rings (SSSR count). The number of ether oxygens (including phenoxy) is 1. The minimum Gasteiger partial charge on any atom is -0.389 e. The zero-order chi connectivity index (χ0) is 14.5. The first-order valence-electron chi connectivity index (χ1n) is 7.45. The number of anilines is 1. The lowest BCUT2D eigenvalue weighted by molar-refractivity contribution is 0.00897. The third kappa shape index (κ3) is 3.72. The van der Waals surface area contributed by atoms with E-state index in [9.17, 15) is 5.11 Å². The largest absolute Gasteiger partial charge is 0.389 e. The van der Waals surface area contributed by atoms with E-state index in [1.165, 1.54) is 11.3 Å². The van der Waals surface area contributed by atoms with Crippen LogP contribution in [0, 0.1) is 0 Å². The number of rotatable bonds is 7. The molecule has 112 valence electrons. The molecule has 3 N–H and O–H groups in total. The number of aliphatic hydroxyl groups excluding tert-OH is 1. The van der Waals surface area contributed by atoms with E-state index >= 15 is 0 Å². The van der Waals surface area contributed by atoms with Gasteiger partial charge in [-0.05, 0) is 38.4 Å². The van der Waals surface area contributed by atoms with E-state index in [1.54, 1.807) is 0 Å². The molecule has 0 amide bonds. The van der Waals surface area contributed by atoms with Crippen molar-refractivity contribution in [3.05, 3.63) is 29.8 Å². The second kappa shape index (κ2) is 7.07. The number of fused-ring (bicyclic) bond motifs is 1. The molecule has 1 aliphatic rings. The Morgan fingerprint density at radius 1 is 1.40 bits per heavy atom. The molecule has 2 unspecified atom stereocenters. The zero-order valence-electron chi connectivity index (χ0n) is 12.5. The Hall–Kier alpha value is -1.10. The Kier molecular flexibility index (Phi) is 5.40. The van der Waals surface area contributed by atoms with Crippen molar-refractivity contribution in [2.75, 3.05) is 31.1 Å². The van der Waals surface area contributed by atoms with E-state index in [0.717, 1.165) is 13.0 Å². The van der Waals surface area contributed by atoms with E-state index < -0.39 is 6.10 Å². The maximum absolute atomic E-state index is 10.1. The van der Waals surface area contributed by atoms with E-state index in [2.05, 4.69) is 23.1 Å². The number of nitrogens with zero attached hydrogens (tertiary/aromatic N) is 1. The molecular weight excluding hydrogens is 252 g/mol. The molecule has 0 bridgehead atoms. The van der Waals surface area contributed by atoms with Crippen LogP contribution in [0.3, 0.4) is 0 Å². The molecule has 0 aliphatic carbocycles. The van der Waals surface area contributed by atoms with Gasteiger partial charge < -0.3 is 20.5 Å². The van der Waals surface area contributed by atoms with Gasteiger partial charge in [0.1, 0.15) is 0 Å². The molecule has 0 spiro atoms. The first-order chi connectivity index (χ1) is 9.61. The number of nitrogens with two attached hydrogens (primary N) is 1. The molecule has 0 fully saturated rings. The van der Waals surface area contributed by atoms with Gasteiger partial charge in [-0.15, -0.1) is 0 Å². The van der Waals surface area contributed by atoms with Crippen LogP contribution in [-0.4, -0.2) is 43.6 Å². The van der Waals surface area contributed by atoms with Gasteiger partial charge in [-0.1, -0.05) is 18.2 Å². The minimum absolute atomic E-state index is 0.153. The quantitative estimate of drug-likeness (QED) is 0.797. The Bertz CT molecular complexity index is 423. The van der Waals surface area contributed by atoms with Gasteiger partial charge in [0.25, 0.3) is 0 Å². The first kappa shape index (κ1) is 15.3. The molecule has 0 aromatic heterocycles. The van der Waals surface area contributed by atoms with Gasteiger partial charge in [0, 0.05) is 24.7 Å². The van der Waals surface area contributed by atoms with Gasteiger partial charge in [0.05, 0.1) is 18.8 Å². The SMILES string of the molecule is CC(C)OCC(O)CN1CC(CCN)c2ccccc21. The molecule has 1 aromatic rings. The first-order valence-corrected chi connectivity index (χ1v) is 7.45. The summed E-state index contributed by atoms with van der Waals surface area (Å²) in [4.78, 5) is 2.25. The average molecular weight is 278 g/mol. The monoisotopic (exact) mass is 278 g/mol. The van der Waals surface area contributed by atoms with Crippen LogP contribution in [0.1, 0.15) is 31.7 Å². The molecule has 4 nitrogen and oxygen atoms in total. The lowest BCUT2D eigenvalue weighted by Gasteiger charge is -2.24. The van der Waals surface area contributed by atoms with Crippen molar-refractivity contribution in [1.29, 1.82) is 0 Å². The van der Waals surface area contributed by atoms with Gasteiger partial charge in [0.15, 0.2) is 0 Å². The van der Waals surface area contributed by atoms with Crippen LogP contribution in [0.4, 0.5) is 5.69 Å². The van der Waals surface area contributed by atoms with Crippen molar-refractivity contribution in [2.24, 2.45) is 5.73 Å². The van der Waals surface area contributed by atoms with E-state index in [-0.39, 0.29) is 6.10 Å². The minimum atomic E-state index is -0.456. The number of β-amino-alcohol motifs (C(OH)–C–C–N with tert-alkyl or cyclic N) is 1. The third-order valence-electron chi connectivity index (χ3n) is 3.73. The fraction of sp³-hybridized carbons (Fsp3) is 0.625. The molecule has 1 heterocycles. The van der Waals surface area contributed by atoms with Gasteiger partial charge in [-0.3, -0.25) is 0 Å². The maximum Gasteiger partial charge on any atom is 0.0948 e. The highest BCUT2D eigenvalue weighted by Crippen LogP contribution is 2.37. The second-order valence-electron chi connectivity index (χ2n) is 5.77. The molecule has 0 saturated carbocycles. The number of hydrogen-bond donors (Lipinski definition) is 2. The number of para-hydroxylation sites is 1. The van der Waals surface area contributed by atoms with Crippen LogP contribution in [0.2, 0.25) is 0 Å². The molecular formula is C16H26N2O2. The summed E-state index contributed by atoms with van der Waals surface area (Å²) in [5.41, 5.74) is 8.29. The number of benzene rings is 1. The van der Waals surface area contributed by atoms with E-state index in [0.29, 0.717) is 25.6 Å². The van der Waals surface area contributed by atoms with Crippen LogP contribution in [-0.2, 0) is 4.74 Å². The smallest absolute Gasteiger partial charge is 0.0948 e. The van der Waals surface area contributed by atoms with Crippen LogP contribution in [0.15, 0.2) is 24.3 Å². The third-order valence-corrected chi connectivity index (χ3v) is 3.73. The lowest BCUT2D eigenvalue weighted by Crippen LogP contribution is -2.35. The summed E-state index contributed by atoms with van der Waals surface area (Å²) in [6.07, 6.45) is 0.689. The van der Waals surface area contributed by atoms with Crippen LogP contribution in [0.25, 0.3) is 0 Å². The fourth-order valence-corrected chi connectivity index (χ4v) is 2.81. The molecule has 2 atom stereocenters. The summed E-state index contributed by atoms with van der Waals surface area (Å²) >= 11 is 0. The summed E-state index contributed by atoms with van der Waals surface area (Å²) < 4.78 is 5.48. The summed E-state index contributed by atoms with van der Waals surface area (Å²) in [7, 11) is 0. The molecule has 1 aromatic carbocycles. The average Bonchev–Trinajstić information content (AvgIpc) is 2.76. The molecule has 20 heavy (non-hydrogen) atoms. The Balaban J connectivity index is 1.99. The Morgan fingerprint density at radius 3 is 2.85 bits per heavy atom. The van der Waals surface area contributed by atoms with E-state index in [1.807, 2.05) is 19.9 Å². The normalized spacial score (nSPS) is 19.4. The maximum atomic E-state index is 10.1. The summed E-state index contributed by atoms with van der Waals surface area (Å²) in [6, 6.07) is 8.42. The van der Waals surface area contributed by atoms with Crippen molar-refractivity contribution in [2.45, 2.75) is 38.4 Å². The summed E-state index contributed by atoms with van der Waals surface area (Å²) in [5, 5.41) is 10.1. The molecule has 4 heteroatoms. The van der Waals surface area contributed by atoms with Crippen molar-refractivity contribution >= 4 is 5.69 Å². The fourth-order valence-electron chi connectivity index (χ4n) is 2.81. The molecule has 0 radical (unpaired) electrons. The highest BCUT2D eigenvalue weighted by atomic mass is 16.5. The van der Waals surface area contributed by atoms with Crippen LogP contribution < -0.4 is 10.6 Å². The van der Waals surface area contributed by atoms with Crippen molar-refractivity contribution in [3.8, 4) is 0 Å². The Morgan fingerprint density at radius 2 is 2.15 bits per heavy atom. The number of aliphatic hydroxyl groups is 1. The summed E-state index contributed by atoms with van der Waals surface area (Å²) in [5.74, 6) is 0.481. The molecule has 1 aliphatic heterocycles. The van der Waals surface area contributed by atoms with Gasteiger partial charge in [0.2, 0.25) is 0 Å². The van der Waals surface area contributed by atoms with Crippen LogP contribution >= 0.6 is 0 Å². The highest BCUT2D eigenvalue weighted by molar-refractivity contribution is 5.60. The number of hydrogen-bond acceptors (Lipinski definition) is 4. The van der Waals surface area contributed by atoms with Gasteiger partial charge in [-0.2, -0.15) is 0 Å². The predicted molar refractivity (Wildman–Crippen MR) is 82.2 cm³/mol. The topological polar surface area (TPSA) is 58.7 Å². The van der Waals surface area contributed by atoms with Gasteiger partial charge in [-0.25, -0.2) is 0 Å². The van der Waals surface area contributed by atoms with Gasteiger partial charge >= 0.3 is 0 Å². The second-order valence-corrected chi connectivity index (χ2v) is 5.77. The molecule has 0 saturated heterocycles. The van der Waals surface area contributed by atoms with Crippen molar-refractivity contribution in [1.82, 2.24) is 0 Å². The Labute approximate surface area is 121 Å². The standard InChI is InChI=1S/C16H26N2O2/c1-12(2)20-11-14(19)10-18-9-13(7-8-17)15-5-3-4-6-16(15)18/h3-6,12-14,19H,7-11,17H2,1-2H3. The highest BCUT2D eigenvalue weighted by Gasteiger charge is 2.28.